The van der Waals surface area contributed by atoms with E-state index in [0.29, 0.717) is 23.9 Å². The maximum absolute atomic E-state index is 14.0. The van der Waals surface area contributed by atoms with Gasteiger partial charge in [-0.15, -0.1) is 0 Å². The summed E-state index contributed by atoms with van der Waals surface area (Å²) in [4.78, 5) is 56.9. The number of hydrogen-bond donors (Lipinski definition) is 2. The van der Waals surface area contributed by atoms with Gasteiger partial charge in [0, 0.05) is 55.4 Å². The van der Waals surface area contributed by atoms with E-state index in [9.17, 15) is 23.6 Å². The van der Waals surface area contributed by atoms with Crippen molar-refractivity contribution in [2.24, 2.45) is 11.8 Å². The molecule has 0 unspecified atom stereocenters. The molecule has 1 aliphatic rings. The molecular formula is C30H34FN3O5. The molecule has 9 heteroatoms. The maximum Gasteiger partial charge on any atom is 0.328 e. The lowest BCUT2D eigenvalue weighted by Gasteiger charge is -2.30. The number of esters is 1. The van der Waals surface area contributed by atoms with Crippen LogP contribution in [0.1, 0.15) is 42.9 Å². The predicted molar refractivity (Wildman–Crippen MR) is 144 cm³/mol. The molecule has 2 bridgehead atoms. The average Bonchev–Trinajstić information content (AvgIpc) is 3.32. The van der Waals surface area contributed by atoms with Crippen molar-refractivity contribution in [3.05, 3.63) is 71.2 Å². The molecule has 1 aliphatic heterocycles. The van der Waals surface area contributed by atoms with Gasteiger partial charge in [-0.1, -0.05) is 31.2 Å². The van der Waals surface area contributed by atoms with E-state index in [1.54, 1.807) is 12.3 Å². The van der Waals surface area contributed by atoms with Gasteiger partial charge in [-0.05, 0) is 54.2 Å². The Labute approximate surface area is 226 Å². The quantitative estimate of drug-likeness (QED) is 0.497. The van der Waals surface area contributed by atoms with E-state index in [1.807, 2.05) is 31.2 Å². The summed E-state index contributed by atoms with van der Waals surface area (Å²) < 4.78 is 19.0. The number of carbonyl (C=O) groups excluding carboxylic acids is 4. The predicted octanol–water partition coefficient (Wildman–Crippen LogP) is 3.71. The van der Waals surface area contributed by atoms with Crippen LogP contribution in [0.5, 0.6) is 0 Å². The number of aromatic nitrogens is 1. The van der Waals surface area contributed by atoms with Gasteiger partial charge in [0.2, 0.25) is 11.8 Å². The average molecular weight is 536 g/mol. The zero-order valence-electron chi connectivity index (χ0n) is 22.5. The number of rotatable bonds is 3. The number of likely N-dealkylation sites (N-methyl/N-ethyl adjacent to an activating group) is 1. The summed E-state index contributed by atoms with van der Waals surface area (Å²) in [7, 11) is 2.72. The summed E-state index contributed by atoms with van der Waals surface area (Å²) >= 11 is 0. The lowest BCUT2D eigenvalue weighted by atomic mass is 9.86. The van der Waals surface area contributed by atoms with E-state index in [-0.39, 0.29) is 43.3 Å². The van der Waals surface area contributed by atoms with Gasteiger partial charge >= 0.3 is 5.97 Å². The second-order valence-electron chi connectivity index (χ2n) is 10.3. The van der Waals surface area contributed by atoms with Crippen molar-refractivity contribution in [2.45, 2.75) is 51.6 Å². The van der Waals surface area contributed by atoms with Gasteiger partial charge in [0.25, 0.3) is 0 Å². The second kappa shape index (κ2) is 12.2. The topological polar surface area (TPSA) is 109 Å². The third kappa shape index (κ3) is 6.71. The Morgan fingerprint density at radius 1 is 1.10 bits per heavy atom. The highest BCUT2D eigenvalue weighted by atomic mass is 19.1. The van der Waals surface area contributed by atoms with Crippen LogP contribution in [0, 0.1) is 17.7 Å². The van der Waals surface area contributed by atoms with Crippen molar-refractivity contribution in [3.63, 3.8) is 0 Å². The number of amides is 2. The van der Waals surface area contributed by atoms with Crippen LogP contribution in [0.3, 0.4) is 0 Å². The molecule has 0 aliphatic carbocycles. The number of ether oxygens (including phenoxy) is 1. The van der Waals surface area contributed by atoms with E-state index in [4.69, 9.17) is 4.74 Å². The molecule has 0 radical (unpaired) electrons. The molecule has 1 aromatic heterocycles. The Morgan fingerprint density at radius 2 is 1.87 bits per heavy atom. The monoisotopic (exact) mass is 535 g/mol. The highest BCUT2D eigenvalue weighted by Gasteiger charge is 2.34. The first-order valence-electron chi connectivity index (χ1n) is 13.1. The van der Waals surface area contributed by atoms with Crippen LogP contribution in [0.4, 0.5) is 4.39 Å². The number of carbonyl (C=O) groups is 4. The Kier molecular flexibility index (Phi) is 8.79. The van der Waals surface area contributed by atoms with Gasteiger partial charge in [-0.25, -0.2) is 9.18 Å². The van der Waals surface area contributed by atoms with E-state index >= 15 is 0 Å². The third-order valence-corrected chi connectivity index (χ3v) is 7.50. The number of nitrogens with zero attached hydrogens (tertiary/aromatic N) is 1. The molecule has 0 saturated carbocycles. The summed E-state index contributed by atoms with van der Waals surface area (Å²) in [5.74, 6) is -2.93. The van der Waals surface area contributed by atoms with E-state index in [2.05, 4.69) is 10.3 Å². The highest BCUT2D eigenvalue weighted by Crippen LogP contribution is 2.27. The number of ketones is 1. The molecule has 2 heterocycles. The van der Waals surface area contributed by atoms with Gasteiger partial charge in [0.1, 0.15) is 17.6 Å². The molecular weight excluding hydrogens is 501 g/mol. The molecule has 0 saturated heterocycles. The van der Waals surface area contributed by atoms with Crippen LogP contribution in [-0.2, 0) is 43.3 Å². The number of nitrogens with one attached hydrogen (secondary N) is 2. The van der Waals surface area contributed by atoms with E-state index in [0.717, 1.165) is 16.6 Å². The fourth-order valence-electron chi connectivity index (χ4n) is 5.21. The summed E-state index contributed by atoms with van der Waals surface area (Å²) in [6.07, 6.45) is 2.42. The minimum atomic E-state index is -1.00. The van der Waals surface area contributed by atoms with E-state index < -0.39 is 29.7 Å². The van der Waals surface area contributed by atoms with Gasteiger partial charge < -0.3 is 19.9 Å². The SMILES string of the molecule is COC(=O)[C@@H]1CCC(=O)NCc2cccc(c2)C[C@H](C)C(=O)C[C@@H](Cc2c[nH]c3ccc(F)cc23)C(=O)N1C. The fraction of sp³-hybridized carbons (Fsp3) is 0.400. The minimum Gasteiger partial charge on any atom is -0.467 e. The number of H-pyrrole nitrogens is 1. The van der Waals surface area contributed by atoms with Crippen molar-refractivity contribution < 1.29 is 28.3 Å². The molecule has 2 aromatic carbocycles. The Morgan fingerprint density at radius 3 is 2.64 bits per heavy atom. The summed E-state index contributed by atoms with van der Waals surface area (Å²) in [5, 5.41) is 3.50. The van der Waals surface area contributed by atoms with Gasteiger partial charge in [0.15, 0.2) is 0 Å². The second-order valence-corrected chi connectivity index (χ2v) is 10.3. The summed E-state index contributed by atoms with van der Waals surface area (Å²) in [6.45, 7) is 2.16. The standard InChI is InChI=1S/C30H34FN3O5/c1-18-11-19-5-4-6-20(12-19)16-33-28(36)10-9-26(30(38)39-3)34(2)29(37)21(14-27(18)35)13-22-17-32-25-8-7-23(31)15-24(22)25/h4-8,12,15,17-18,21,26,32H,9-11,13-14,16H2,1-3H3,(H,33,36)/t18-,21+,26-/m0/s1. The van der Waals surface area contributed by atoms with Crippen LogP contribution in [-0.4, -0.2) is 53.7 Å². The number of hydrogen-bond acceptors (Lipinski definition) is 5. The molecule has 2 N–H and O–H groups in total. The van der Waals surface area contributed by atoms with E-state index in [1.165, 1.54) is 31.2 Å². The number of benzene rings is 2. The lowest BCUT2D eigenvalue weighted by molar-refractivity contribution is -0.154. The Balaban J connectivity index is 1.69. The molecule has 0 fully saturated rings. The summed E-state index contributed by atoms with van der Waals surface area (Å²) in [5.41, 5.74) is 3.30. The first-order chi connectivity index (χ1) is 18.7. The normalized spacial score (nSPS) is 21.6. The molecule has 206 valence electrons. The van der Waals surface area contributed by atoms with Crippen molar-refractivity contribution in [3.8, 4) is 0 Å². The maximum atomic E-state index is 14.0. The van der Waals surface area contributed by atoms with Gasteiger partial charge in [0.05, 0.1) is 7.11 Å². The Bertz CT molecular complexity index is 1380. The first-order valence-corrected chi connectivity index (χ1v) is 13.1. The van der Waals surface area contributed by atoms with Crippen molar-refractivity contribution in [1.29, 1.82) is 0 Å². The summed E-state index contributed by atoms with van der Waals surface area (Å²) in [6, 6.07) is 11.1. The van der Waals surface area contributed by atoms with Crippen LogP contribution < -0.4 is 5.32 Å². The molecule has 39 heavy (non-hydrogen) atoms. The largest absolute Gasteiger partial charge is 0.467 e. The number of halogens is 1. The van der Waals surface area contributed by atoms with Gasteiger partial charge in [-0.2, -0.15) is 0 Å². The number of methoxy groups -OCH3 is 1. The molecule has 2 amide bonds. The van der Waals surface area contributed by atoms with Crippen LogP contribution >= 0.6 is 0 Å². The van der Waals surface area contributed by atoms with Crippen molar-refractivity contribution in [2.75, 3.05) is 14.2 Å². The molecule has 4 rings (SSSR count). The smallest absolute Gasteiger partial charge is 0.328 e. The lowest BCUT2D eigenvalue weighted by Crippen LogP contribution is -2.47. The van der Waals surface area contributed by atoms with Crippen LogP contribution in [0.25, 0.3) is 10.9 Å². The number of Topliss-reactive ketones (excluding diaryl/α,β-unsaturated/α-hetero) is 1. The first kappa shape index (κ1) is 28.0. The molecule has 8 nitrogen and oxygen atoms in total. The number of fused-ring (bicyclic) bond motifs is 3. The number of aromatic amines is 1. The third-order valence-electron chi connectivity index (χ3n) is 7.50. The zero-order valence-corrected chi connectivity index (χ0v) is 22.5. The zero-order chi connectivity index (χ0) is 28.1. The molecule has 3 atom stereocenters. The molecule has 0 spiro atoms. The van der Waals surface area contributed by atoms with Gasteiger partial charge in [-0.3, -0.25) is 14.4 Å². The fourth-order valence-corrected chi connectivity index (χ4v) is 5.21. The van der Waals surface area contributed by atoms with Crippen LogP contribution in [0.15, 0.2) is 48.7 Å². The molecule has 3 aromatic rings. The van der Waals surface area contributed by atoms with Crippen molar-refractivity contribution >= 4 is 34.5 Å². The van der Waals surface area contributed by atoms with Crippen molar-refractivity contribution in [1.82, 2.24) is 15.2 Å². The van der Waals surface area contributed by atoms with Crippen LogP contribution in [0.2, 0.25) is 0 Å². The minimum absolute atomic E-state index is 0.0133. The highest BCUT2D eigenvalue weighted by molar-refractivity contribution is 5.91. The Hall–Kier alpha value is -4.01.